The van der Waals surface area contributed by atoms with Crippen molar-refractivity contribution >= 4 is 52.4 Å². The molecule has 0 aliphatic rings. The van der Waals surface area contributed by atoms with E-state index in [4.69, 9.17) is 23.2 Å². The molecule has 28 heavy (non-hydrogen) atoms. The molecule has 0 atom stereocenters. The van der Waals surface area contributed by atoms with Gasteiger partial charge >= 0.3 is 0 Å². The fourth-order valence-corrected chi connectivity index (χ4v) is 3.62. The molecule has 1 heterocycles. The lowest BCUT2D eigenvalue weighted by Gasteiger charge is -2.11. The van der Waals surface area contributed by atoms with E-state index in [1.54, 1.807) is 42.7 Å². The zero-order chi connectivity index (χ0) is 20.3. The Balaban J connectivity index is 1.84. The molecule has 1 aromatic heterocycles. The number of hydrogen-bond acceptors (Lipinski definition) is 5. The first-order valence-electron chi connectivity index (χ1n) is 7.99. The molecule has 0 fully saturated rings. The van der Waals surface area contributed by atoms with Gasteiger partial charge in [0.15, 0.2) is 0 Å². The Morgan fingerprint density at radius 1 is 1.25 bits per heavy atom. The Labute approximate surface area is 174 Å². The quantitative estimate of drug-likeness (QED) is 0.328. The van der Waals surface area contributed by atoms with Gasteiger partial charge in [0.25, 0.3) is 11.6 Å². The second kappa shape index (κ2) is 8.64. The van der Waals surface area contributed by atoms with Gasteiger partial charge in [0.1, 0.15) is 5.82 Å². The zero-order valence-electron chi connectivity index (χ0n) is 14.6. The summed E-state index contributed by atoms with van der Waals surface area (Å²) in [6.45, 7) is 0.257. The number of nitrogens with zero attached hydrogens (tertiary/aromatic N) is 3. The van der Waals surface area contributed by atoms with E-state index >= 15 is 0 Å². The van der Waals surface area contributed by atoms with E-state index in [1.165, 1.54) is 28.7 Å². The van der Waals surface area contributed by atoms with Crippen LogP contribution in [0.1, 0.15) is 15.9 Å². The van der Waals surface area contributed by atoms with Crippen LogP contribution in [0.15, 0.2) is 53.6 Å². The maximum atomic E-state index is 12.6. The number of halogens is 2. The van der Waals surface area contributed by atoms with Crippen LogP contribution >= 0.6 is 35.0 Å². The molecule has 10 heteroatoms. The van der Waals surface area contributed by atoms with Gasteiger partial charge in [-0.25, -0.2) is 4.68 Å². The summed E-state index contributed by atoms with van der Waals surface area (Å²) in [5.41, 5.74) is 0.731. The van der Waals surface area contributed by atoms with Crippen molar-refractivity contribution in [1.82, 2.24) is 9.78 Å². The molecule has 0 unspecified atom stereocenters. The number of hydrogen-bond donors (Lipinski definition) is 1. The summed E-state index contributed by atoms with van der Waals surface area (Å²) in [6.07, 6.45) is 3.26. The highest BCUT2D eigenvalue weighted by Crippen LogP contribution is 2.29. The van der Waals surface area contributed by atoms with Crippen LogP contribution in [0.25, 0.3) is 0 Å². The smallest absolute Gasteiger partial charge is 0.283 e. The van der Waals surface area contributed by atoms with E-state index in [0.29, 0.717) is 26.3 Å². The third-order valence-corrected chi connectivity index (χ3v) is 5.46. The van der Waals surface area contributed by atoms with Gasteiger partial charge in [0, 0.05) is 33.3 Å². The van der Waals surface area contributed by atoms with Gasteiger partial charge in [-0.15, -0.1) is 11.8 Å². The van der Waals surface area contributed by atoms with Crippen molar-refractivity contribution in [2.24, 2.45) is 0 Å². The number of carbonyl (C=O) groups excluding carboxylic acids is 1. The number of benzene rings is 2. The topological polar surface area (TPSA) is 90.1 Å². The number of aromatic nitrogens is 2. The second-order valence-electron chi connectivity index (χ2n) is 5.67. The lowest BCUT2D eigenvalue weighted by molar-refractivity contribution is -0.387. The summed E-state index contributed by atoms with van der Waals surface area (Å²) >= 11 is 13.6. The van der Waals surface area contributed by atoms with Crippen LogP contribution < -0.4 is 5.32 Å². The Hall–Kier alpha value is -2.55. The maximum Gasteiger partial charge on any atom is 0.283 e. The maximum absolute atomic E-state index is 12.6. The van der Waals surface area contributed by atoms with Crippen LogP contribution in [0.5, 0.6) is 0 Å². The number of amides is 1. The minimum Gasteiger partial charge on any atom is -0.307 e. The lowest BCUT2D eigenvalue weighted by Crippen LogP contribution is -2.16. The van der Waals surface area contributed by atoms with Gasteiger partial charge in [0.05, 0.1) is 22.6 Å². The molecular weight excluding hydrogens is 423 g/mol. The molecule has 1 N–H and O–H groups in total. The largest absolute Gasteiger partial charge is 0.307 e. The van der Waals surface area contributed by atoms with Gasteiger partial charge in [0.2, 0.25) is 0 Å². The van der Waals surface area contributed by atoms with E-state index < -0.39 is 10.8 Å². The normalized spacial score (nSPS) is 10.7. The molecule has 7 nitrogen and oxygen atoms in total. The summed E-state index contributed by atoms with van der Waals surface area (Å²) in [6, 6.07) is 11.2. The molecule has 0 aliphatic heterocycles. The molecule has 3 aromatic rings. The summed E-state index contributed by atoms with van der Waals surface area (Å²) in [4.78, 5) is 23.8. The van der Waals surface area contributed by atoms with Gasteiger partial charge in [-0.2, -0.15) is 5.10 Å². The number of nitro groups is 1. The Bertz CT molecular complexity index is 1030. The molecule has 3 rings (SSSR count). The van der Waals surface area contributed by atoms with Crippen molar-refractivity contribution in [3.63, 3.8) is 0 Å². The van der Waals surface area contributed by atoms with E-state index in [9.17, 15) is 14.9 Å². The molecule has 0 aliphatic carbocycles. The van der Waals surface area contributed by atoms with Gasteiger partial charge in [-0.05, 0) is 30.5 Å². The van der Waals surface area contributed by atoms with Crippen molar-refractivity contribution in [2.75, 3.05) is 11.6 Å². The molecule has 1 amide bonds. The Morgan fingerprint density at radius 3 is 2.61 bits per heavy atom. The molecule has 0 radical (unpaired) electrons. The van der Waals surface area contributed by atoms with Crippen LogP contribution in [0.2, 0.25) is 10.0 Å². The van der Waals surface area contributed by atoms with Crippen LogP contribution in [-0.2, 0) is 6.54 Å². The van der Waals surface area contributed by atoms with Crippen LogP contribution in [0.4, 0.5) is 11.5 Å². The van der Waals surface area contributed by atoms with Gasteiger partial charge < -0.3 is 5.32 Å². The fraction of sp³-hybridized carbons (Fsp3) is 0.111. The first-order valence-corrected chi connectivity index (χ1v) is 9.97. The fourth-order valence-electron chi connectivity index (χ4n) is 2.56. The average Bonchev–Trinajstić information content (AvgIpc) is 3.10. The van der Waals surface area contributed by atoms with Crippen LogP contribution in [0.3, 0.4) is 0 Å². The minimum absolute atomic E-state index is 0.114. The highest BCUT2D eigenvalue weighted by Gasteiger charge is 2.18. The van der Waals surface area contributed by atoms with E-state index in [-0.39, 0.29) is 17.8 Å². The van der Waals surface area contributed by atoms with Gasteiger partial charge in [-0.3, -0.25) is 14.9 Å². The Kier molecular flexibility index (Phi) is 6.23. The number of nitro benzene ring substituents is 1. The molecule has 2 aromatic carbocycles. The first kappa shape index (κ1) is 20.2. The van der Waals surface area contributed by atoms with Crippen molar-refractivity contribution < 1.29 is 9.72 Å². The molecule has 0 saturated carbocycles. The molecular formula is C18H14Cl2N4O3S. The van der Waals surface area contributed by atoms with E-state index in [2.05, 4.69) is 10.4 Å². The summed E-state index contributed by atoms with van der Waals surface area (Å²) in [5.74, 6) is -0.0691. The highest BCUT2D eigenvalue weighted by molar-refractivity contribution is 7.98. The summed E-state index contributed by atoms with van der Waals surface area (Å²) in [7, 11) is 0. The Morgan fingerprint density at radius 2 is 1.96 bits per heavy atom. The SMILES string of the molecule is CSc1ccc(C(=O)Nc2ccnn2Cc2c(Cl)cccc2Cl)cc1[N+](=O)[O-]. The predicted molar refractivity (Wildman–Crippen MR) is 111 cm³/mol. The minimum atomic E-state index is -0.508. The van der Waals surface area contributed by atoms with E-state index in [0.717, 1.165) is 0 Å². The third-order valence-electron chi connectivity index (χ3n) is 3.97. The van der Waals surface area contributed by atoms with E-state index in [1.807, 2.05) is 0 Å². The third kappa shape index (κ3) is 4.30. The predicted octanol–water partition coefficient (Wildman–Crippen LogP) is 5.12. The molecule has 144 valence electrons. The monoisotopic (exact) mass is 436 g/mol. The zero-order valence-corrected chi connectivity index (χ0v) is 16.9. The van der Waals surface area contributed by atoms with Crippen LogP contribution in [-0.4, -0.2) is 26.9 Å². The second-order valence-corrected chi connectivity index (χ2v) is 7.33. The highest BCUT2D eigenvalue weighted by atomic mass is 35.5. The molecule has 0 saturated heterocycles. The molecule has 0 bridgehead atoms. The van der Waals surface area contributed by atoms with Crippen LogP contribution in [0, 0.1) is 10.1 Å². The summed E-state index contributed by atoms with van der Waals surface area (Å²) in [5, 5.41) is 19.1. The van der Waals surface area contributed by atoms with Crippen molar-refractivity contribution in [2.45, 2.75) is 11.4 Å². The number of carbonyl (C=O) groups is 1. The van der Waals surface area contributed by atoms with Crippen molar-refractivity contribution in [3.8, 4) is 0 Å². The lowest BCUT2D eigenvalue weighted by atomic mass is 10.2. The molecule has 0 spiro atoms. The van der Waals surface area contributed by atoms with Crippen molar-refractivity contribution in [3.05, 3.63) is 79.9 Å². The number of anilines is 1. The van der Waals surface area contributed by atoms with Crippen molar-refractivity contribution in [1.29, 1.82) is 0 Å². The standard InChI is InChI=1S/C18H14Cl2N4O3S/c1-28-16-6-5-11(9-15(16)24(26)27)18(25)22-17-7-8-21-23(17)10-12-13(19)3-2-4-14(12)20/h2-9H,10H2,1H3,(H,22,25). The first-order chi connectivity index (χ1) is 13.4. The summed E-state index contributed by atoms with van der Waals surface area (Å²) < 4.78 is 1.54. The number of thioether (sulfide) groups is 1. The number of nitrogens with one attached hydrogen (secondary N) is 1. The number of rotatable bonds is 6. The average molecular weight is 437 g/mol. The van der Waals surface area contributed by atoms with Gasteiger partial charge in [-0.1, -0.05) is 29.3 Å².